The molecule has 0 saturated heterocycles. The Kier molecular flexibility index (Phi) is 5.85. The smallest absolute Gasteiger partial charge is 0.278 e. The van der Waals surface area contributed by atoms with E-state index in [9.17, 15) is 9.59 Å². The number of fused-ring (bicyclic) bond motifs is 1. The number of carbonyl (C=O) groups excluding carboxylic acids is 2. The summed E-state index contributed by atoms with van der Waals surface area (Å²) >= 11 is 0. The Morgan fingerprint density at radius 2 is 1.85 bits per heavy atom. The Morgan fingerprint density at radius 1 is 1.19 bits per heavy atom. The van der Waals surface area contributed by atoms with Gasteiger partial charge in [-0.3, -0.25) is 24.5 Å². The SMILES string of the molecule is CCN1Cc2ccccc2C(N(OC)C(=O)c2ccc(C(=O)NO)cc2)C1. The molecule has 0 aliphatic carbocycles. The molecule has 7 heteroatoms. The predicted molar refractivity (Wildman–Crippen MR) is 99.0 cm³/mol. The number of nitrogens with one attached hydrogen (secondary N) is 1. The van der Waals surface area contributed by atoms with Crippen molar-refractivity contribution in [1.29, 1.82) is 0 Å². The molecule has 2 aromatic rings. The maximum absolute atomic E-state index is 13.1. The van der Waals surface area contributed by atoms with Gasteiger partial charge in [-0.25, -0.2) is 10.5 Å². The summed E-state index contributed by atoms with van der Waals surface area (Å²) in [5.74, 6) is -0.913. The van der Waals surface area contributed by atoms with Gasteiger partial charge in [-0.05, 0) is 41.9 Å². The lowest BCUT2D eigenvalue weighted by Gasteiger charge is -2.38. The van der Waals surface area contributed by atoms with Crippen molar-refractivity contribution in [3.8, 4) is 0 Å². The van der Waals surface area contributed by atoms with E-state index < -0.39 is 5.91 Å². The second-order valence-electron chi connectivity index (χ2n) is 6.37. The van der Waals surface area contributed by atoms with E-state index in [4.69, 9.17) is 10.0 Å². The van der Waals surface area contributed by atoms with Gasteiger partial charge in [-0.1, -0.05) is 31.2 Å². The highest BCUT2D eigenvalue weighted by Crippen LogP contribution is 2.32. The molecule has 1 unspecified atom stereocenters. The third-order valence-electron chi connectivity index (χ3n) is 4.86. The molecule has 3 rings (SSSR count). The predicted octanol–water partition coefficient (Wildman–Crippen LogP) is 2.39. The number of hydrogen-bond acceptors (Lipinski definition) is 5. The van der Waals surface area contributed by atoms with Crippen molar-refractivity contribution in [3.05, 3.63) is 70.8 Å². The molecule has 0 saturated carbocycles. The third kappa shape index (κ3) is 3.85. The van der Waals surface area contributed by atoms with Crippen molar-refractivity contribution in [3.63, 3.8) is 0 Å². The van der Waals surface area contributed by atoms with Crippen LogP contribution in [0, 0.1) is 0 Å². The van der Waals surface area contributed by atoms with Crippen molar-refractivity contribution in [1.82, 2.24) is 15.4 Å². The zero-order chi connectivity index (χ0) is 19.4. The van der Waals surface area contributed by atoms with Crippen LogP contribution >= 0.6 is 0 Å². The minimum atomic E-state index is -0.627. The van der Waals surface area contributed by atoms with E-state index in [-0.39, 0.29) is 17.5 Å². The van der Waals surface area contributed by atoms with E-state index >= 15 is 0 Å². The van der Waals surface area contributed by atoms with Crippen LogP contribution in [-0.2, 0) is 11.4 Å². The fourth-order valence-electron chi connectivity index (χ4n) is 3.40. The number of likely N-dealkylation sites (N-methyl/N-ethyl adjacent to an activating group) is 1. The standard InChI is InChI=1S/C20H23N3O4/c1-3-22-12-16-6-4-5-7-17(16)18(13-22)23(27-2)20(25)15-10-8-14(9-11-15)19(24)21-26/h4-11,18,26H,3,12-13H2,1-2H3,(H,21,24). The third-order valence-corrected chi connectivity index (χ3v) is 4.86. The molecule has 1 aliphatic rings. The molecule has 0 radical (unpaired) electrons. The van der Waals surface area contributed by atoms with Crippen LogP contribution in [0.2, 0.25) is 0 Å². The highest BCUT2D eigenvalue weighted by Gasteiger charge is 2.33. The molecule has 142 valence electrons. The van der Waals surface area contributed by atoms with Gasteiger partial charge in [0.1, 0.15) is 0 Å². The van der Waals surface area contributed by atoms with Crippen molar-refractivity contribution < 1.29 is 19.6 Å². The molecule has 0 fully saturated rings. The van der Waals surface area contributed by atoms with Gasteiger partial charge < -0.3 is 0 Å². The molecule has 27 heavy (non-hydrogen) atoms. The molecule has 2 aromatic carbocycles. The molecule has 0 aromatic heterocycles. The molecule has 0 bridgehead atoms. The van der Waals surface area contributed by atoms with Crippen LogP contribution in [-0.4, -0.2) is 47.2 Å². The number of hydroxylamine groups is 3. The molecule has 0 spiro atoms. The minimum absolute atomic E-state index is 0.229. The molecular weight excluding hydrogens is 346 g/mol. The summed E-state index contributed by atoms with van der Waals surface area (Å²) in [6.07, 6.45) is 0. The Labute approximate surface area is 158 Å². The van der Waals surface area contributed by atoms with E-state index in [0.29, 0.717) is 12.1 Å². The number of nitrogens with zero attached hydrogens (tertiary/aromatic N) is 2. The lowest BCUT2D eigenvalue weighted by molar-refractivity contribution is -0.132. The lowest BCUT2D eigenvalue weighted by atomic mass is 9.94. The van der Waals surface area contributed by atoms with Crippen LogP contribution in [0.5, 0.6) is 0 Å². The lowest BCUT2D eigenvalue weighted by Crippen LogP contribution is -2.44. The second-order valence-corrected chi connectivity index (χ2v) is 6.37. The second kappa shape index (κ2) is 8.30. The minimum Gasteiger partial charge on any atom is -0.297 e. The molecule has 2 N–H and O–H groups in total. The Morgan fingerprint density at radius 3 is 2.48 bits per heavy atom. The summed E-state index contributed by atoms with van der Waals surface area (Å²) in [5.41, 5.74) is 4.49. The molecule has 1 heterocycles. The number of carbonyl (C=O) groups is 2. The Bertz CT molecular complexity index is 822. The first-order chi connectivity index (χ1) is 13.1. The van der Waals surface area contributed by atoms with E-state index in [0.717, 1.165) is 18.7 Å². The average molecular weight is 369 g/mol. The van der Waals surface area contributed by atoms with Crippen molar-refractivity contribution in [2.45, 2.75) is 19.5 Å². The summed E-state index contributed by atoms with van der Waals surface area (Å²) in [5, 5.41) is 10.1. The summed E-state index contributed by atoms with van der Waals surface area (Å²) in [6, 6.07) is 13.9. The number of hydrogen-bond donors (Lipinski definition) is 2. The van der Waals surface area contributed by atoms with E-state index in [2.05, 4.69) is 17.9 Å². The first-order valence-electron chi connectivity index (χ1n) is 8.81. The van der Waals surface area contributed by atoms with E-state index in [1.165, 1.54) is 29.9 Å². The first-order valence-corrected chi connectivity index (χ1v) is 8.81. The fraction of sp³-hybridized carbons (Fsp3) is 0.300. The normalized spacial score (nSPS) is 16.5. The van der Waals surface area contributed by atoms with Gasteiger partial charge in [-0.2, -0.15) is 0 Å². The van der Waals surface area contributed by atoms with E-state index in [1.54, 1.807) is 17.6 Å². The summed E-state index contributed by atoms with van der Waals surface area (Å²) < 4.78 is 0. The van der Waals surface area contributed by atoms with Crippen molar-refractivity contribution >= 4 is 11.8 Å². The summed E-state index contributed by atoms with van der Waals surface area (Å²) in [7, 11) is 1.49. The fourth-order valence-corrected chi connectivity index (χ4v) is 3.40. The van der Waals surface area contributed by atoms with Gasteiger partial charge in [0, 0.05) is 24.2 Å². The molecule has 1 atom stereocenters. The summed E-state index contributed by atoms with van der Waals surface area (Å²) in [4.78, 5) is 32.3. The number of benzene rings is 2. The van der Waals surface area contributed by atoms with Crippen LogP contribution in [0.15, 0.2) is 48.5 Å². The average Bonchev–Trinajstić information content (AvgIpc) is 2.73. The van der Waals surface area contributed by atoms with Gasteiger partial charge in [0.2, 0.25) is 0 Å². The largest absolute Gasteiger partial charge is 0.297 e. The zero-order valence-electron chi connectivity index (χ0n) is 15.4. The van der Waals surface area contributed by atoms with Crippen molar-refractivity contribution in [2.24, 2.45) is 0 Å². The van der Waals surface area contributed by atoms with Crippen LogP contribution in [0.25, 0.3) is 0 Å². The van der Waals surface area contributed by atoms with Gasteiger partial charge in [0.25, 0.3) is 11.8 Å². The maximum Gasteiger partial charge on any atom is 0.278 e. The van der Waals surface area contributed by atoms with Gasteiger partial charge in [0.05, 0.1) is 13.2 Å². The van der Waals surface area contributed by atoms with Crippen molar-refractivity contribution in [2.75, 3.05) is 20.2 Å². The molecule has 7 nitrogen and oxygen atoms in total. The van der Waals surface area contributed by atoms with Crippen LogP contribution < -0.4 is 5.48 Å². The molecule has 2 amide bonds. The monoisotopic (exact) mass is 369 g/mol. The molecular formula is C20H23N3O4. The van der Waals surface area contributed by atoms with Crippen LogP contribution in [0.4, 0.5) is 0 Å². The quantitative estimate of drug-likeness (QED) is 0.625. The van der Waals surface area contributed by atoms with Crippen LogP contribution in [0.3, 0.4) is 0 Å². The maximum atomic E-state index is 13.1. The Hall–Kier alpha value is -2.74. The summed E-state index contributed by atoms with van der Waals surface area (Å²) in [6.45, 7) is 4.49. The van der Waals surface area contributed by atoms with Crippen LogP contribution in [0.1, 0.15) is 44.8 Å². The molecule has 1 aliphatic heterocycles. The van der Waals surface area contributed by atoms with E-state index in [1.807, 2.05) is 18.2 Å². The first kappa shape index (κ1) is 19.0. The highest BCUT2D eigenvalue weighted by atomic mass is 16.7. The van der Waals surface area contributed by atoms with Gasteiger partial charge in [0.15, 0.2) is 0 Å². The zero-order valence-corrected chi connectivity index (χ0v) is 15.4. The Balaban J connectivity index is 1.90. The van der Waals surface area contributed by atoms with Gasteiger partial charge >= 0.3 is 0 Å². The highest BCUT2D eigenvalue weighted by molar-refractivity contribution is 5.97. The number of rotatable bonds is 5. The van der Waals surface area contributed by atoms with Gasteiger partial charge in [-0.15, -0.1) is 0 Å². The number of amides is 2. The topological polar surface area (TPSA) is 82.1 Å².